The average Bonchev–Trinajstić information content (AvgIpc) is 3.52. The van der Waals surface area contributed by atoms with Crippen LogP contribution in [0.15, 0.2) is 74.0 Å². The smallest absolute Gasteiger partial charge is 0.338 e. The van der Waals surface area contributed by atoms with Gasteiger partial charge in [0.2, 0.25) is 0 Å². The molecule has 1 atom stereocenters. The van der Waals surface area contributed by atoms with Crippen molar-refractivity contribution in [3.05, 3.63) is 122 Å². The molecule has 1 aliphatic heterocycles. The third-order valence-electron chi connectivity index (χ3n) is 6.86. The number of non-ortho nitro benzene ring substituents is 1. The maximum atomic E-state index is 13.8. The molecule has 4 aromatic rings. The zero-order valence-electron chi connectivity index (χ0n) is 22.9. The molecule has 2 aromatic heterocycles. The van der Waals surface area contributed by atoms with Crippen LogP contribution in [-0.4, -0.2) is 27.0 Å². The molecule has 0 unspecified atom stereocenters. The van der Waals surface area contributed by atoms with Crippen molar-refractivity contribution in [2.24, 2.45) is 4.99 Å². The van der Waals surface area contributed by atoms with Gasteiger partial charge in [-0.15, -0.1) is 0 Å². The van der Waals surface area contributed by atoms with Gasteiger partial charge in [-0.05, 0) is 51.0 Å². The fraction of sp³-hybridized carbons (Fsp3) is 0.207. The van der Waals surface area contributed by atoms with Crippen LogP contribution in [0.1, 0.15) is 42.3 Å². The Balaban J connectivity index is 1.66. The van der Waals surface area contributed by atoms with Crippen LogP contribution in [0.25, 0.3) is 17.4 Å². The van der Waals surface area contributed by atoms with Gasteiger partial charge >= 0.3 is 5.97 Å². The molecule has 5 rings (SSSR count). The van der Waals surface area contributed by atoms with E-state index in [1.807, 2.05) is 0 Å². The van der Waals surface area contributed by atoms with Crippen molar-refractivity contribution in [1.82, 2.24) is 4.57 Å². The summed E-state index contributed by atoms with van der Waals surface area (Å²) in [5.41, 5.74) is 1.84. The molecule has 3 heterocycles. The van der Waals surface area contributed by atoms with Crippen molar-refractivity contribution in [2.45, 2.75) is 33.7 Å². The monoisotopic (exact) mass is 588 g/mol. The number of aryl methyl sites for hydroxylation is 2. The molecule has 0 N–H and O–H groups in total. The predicted molar refractivity (Wildman–Crippen MR) is 154 cm³/mol. The van der Waals surface area contributed by atoms with Crippen LogP contribution in [-0.2, 0) is 9.53 Å². The van der Waals surface area contributed by atoms with E-state index in [0.29, 0.717) is 38.7 Å². The van der Waals surface area contributed by atoms with Crippen molar-refractivity contribution < 1.29 is 23.8 Å². The van der Waals surface area contributed by atoms with E-state index in [-0.39, 0.29) is 28.1 Å². The van der Waals surface area contributed by atoms with E-state index in [0.717, 1.165) is 16.9 Å². The first-order valence-electron chi connectivity index (χ1n) is 12.8. The summed E-state index contributed by atoms with van der Waals surface area (Å²) in [5, 5.41) is 23.0. The number of thiazole rings is 1. The van der Waals surface area contributed by atoms with Crippen molar-refractivity contribution in [3.8, 4) is 11.3 Å². The fourth-order valence-corrected chi connectivity index (χ4v) is 5.82. The zero-order valence-corrected chi connectivity index (χ0v) is 23.8. The fourth-order valence-electron chi connectivity index (χ4n) is 4.79. The van der Waals surface area contributed by atoms with Crippen LogP contribution < -0.4 is 14.9 Å². The quantitative estimate of drug-likeness (QED) is 0.173. The van der Waals surface area contributed by atoms with E-state index in [9.17, 15) is 29.8 Å². The molecule has 0 saturated heterocycles. The van der Waals surface area contributed by atoms with Gasteiger partial charge in [0.05, 0.1) is 38.3 Å². The SMILES string of the molecule is CCOC(=O)C1=C(C)N=c2s/c(=C/c3ccc(-c4cc([N+](=O)[O-])ccc4C)o3)c(=O)n2[C@H]1c1ccc(C)c([N+](=O)[O-])c1. The van der Waals surface area contributed by atoms with E-state index in [1.165, 1.54) is 28.8 Å². The Kier molecular flexibility index (Phi) is 7.44. The lowest BCUT2D eigenvalue weighted by Crippen LogP contribution is -2.40. The number of nitro benzene ring substituents is 2. The molecule has 0 radical (unpaired) electrons. The van der Waals surface area contributed by atoms with Gasteiger partial charge in [-0.2, -0.15) is 0 Å². The van der Waals surface area contributed by atoms with E-state index in [4.69, 9.17) is 9.15 Å². The first-order chi connectivity index (χ1) is 20.0. The number of aromatic nitrogens is 1. The highest BCUT2D eigenvalue weighted by Crippen LogP contribution is 2.34. The first-order valence-corrected chi connectivity index (χ1v) is 13.6. The Bertz CT molecular complexity index is 2000. The van der Waals surface area contributed by atoms with E-state index in [1.54, 1.807) is 58.0 Å². The van der Waals surface area contributed by atoms with Gasteiger partial charge in [0, 0.05) is 35.4 Å². The number of benzene rings is 2. The van der Waals surface area contributed by atoms with Crippen molar-refractivity contribution in [1.29, 1.82) is 0 Å². The third kappa shape index (κ3) is 5.05. The maximum Gasteiger partial charge on any atom is 0.338 e. The molecule has 42 heavy (non-hydrogen) atoms. The lowest BCUT2D eigenvalue weighted by molar-refractivity contribution is -0.385. The van der Waals surface area contributed by atoms with Crippen molar-refractivity contribution in [2.75, 3.05) is 6.61 Å². The van der Waals surface area contributed by atoms with Gasteiger partial charge in [0.25, 0.3) is 16.9 Å². The molecule has 2 aromatic carbocycles. The minimum Gasteiger partial charge on any atom is -0.463 e. The number of carbonyl (C=O) groups is 1. The molecule has 1 aliphatic rings. The Morgan fingerprint density at radius 1 is 1.07 bits per heavy atom. The number of furan rings is 1. The second-order valence-corrected chi connectivity index (χ2v) is 10.6. The molecule has 0 aliphatic carbocycles. The Labute approximate surface area is 241 Å². The van der Waals surface area contributed by atoms with Crippen LogP contribution in [0.3, 0.4) is 0 Å². The number of ether oxygens (including phenoxy) is 1. The molecule has 12 nitrogen and oxygen atoms in total. The Morgan fingerprint density at radius 2 is 1.81 bits per heavy atom. The number of carbonyl (C=O) groups excluding carboxylic acids is 1. The maximum absolute atomic E-state index is 13.8. The summed E-state index contributed by atoms with van der Waals surface area (Å²) in [7, 11) is 0. The summed E-state index contributed by atoms with van der Waals surface area (Å²) < 4.78 is 12.8. The predicted octanol–water partition coefficient (Wildman–Crippen LogP) is 4.49. The van der Waals surface area contributed by atoms with Crippen LogP contribution in [0.2, 0.25) is 0 Å². The molecule has 13 heteroatoms. The second-order valence-electron chi connectivity index (χ2n) is 9.56. The number of esters is 1. The molecule has 0 bridgehead atoms. The number of rotatable bonds is 7. The standard InChI is InChI=1S/C29H24N4O8S/c1-5-40-28(35)25-17(4)30-29-31(26(25)18-8-6-16(3)22(12-18)33(38)39)27(34)24(42-29)14-20-10-11-23(41-20)21-13-19(32(36)37)9-7-15(21)2/h6-14,26H,5H2,1-4H3/b24-14+/t26-/m0/s1. The number of fused-ring (bicyclic) bond motifs is 1. The number of allylic oxidation sites excluding steroid dienone is 1. The van der Waals surface area contributed by atoms with Crippen LogP contribution in [0, 0.1) is 34.1 Å². The van der Waals surface area contributed by atoms with Gasteiger partial charge in [-0.1, -0.05) is 29.5 Å². The molecule has 0 amide bonds. The highest BCUT2D eigenvalue weighted by Gasteiger charge is 2.34. The normalized spacial score (nSPS) is 14.9. The Hall–Kier alpha value is -5.17. The van der Waals surface area contributed by atoms with Crippen molar-refractivity contribution in [3.63, 3.8) is 0 Å². The van der Waals surface area contributed by atoms with Crippen LogP contribution in [0.4, 0.5) is 11.4 Å². The van der Waals surface area contributed by atoms with Gasteiger partial charge in [0.1, 0.15) is 11.5 Å². The van der Waals surface area contributed by atoms with Gasteiger partial charge in [0.15, 0.2) is 4.80 Å². The minimum absolute atomic E-state index is 0.0778. The topological polar surface area (TPSA) is 160 Å². The molecule has 0 spiro atoms. The lowest BCUT2D eigenvalue weighted by Gasteiger charge is -2.24. The molecule has 0 fully saturated rings. The summed E-state index contributed by atoms with van der Waals surface area (Å²) in [6, 6.07) is 11.3. The van der Waals surface area contributed by atoms with Crippen LogP contribution in [0.5, 0.6) is 0 Å². The van der Waals surface area contributed by atoms with Gasteiger partial charge < -0.3 is 9.15 Å². The summed E-state index contributed by atoms with van der Waals surface area (Å²) in [6.07, 6.45) is 1.53. The molecule has 214 valence electrons. The third-order valence-corrected chi connectivity index (χ3v) is 7.84. The molecular formula is C29H24N4O8S. The highest BCUT2D eigenvalue weighted by atomic mass is 32.1. The van der Waals surface area contributed by atoms with E-state index >= 15 is 0 Å². The van der Waals surface area contributed by atoms with Crippen molar-refractivity contribution >= 4 is 34.8 Å². The number of hydrogen-bond acceptors (Lipinski definition) is 10. The van der Waals surface area contributed by atoms with Crippen LogP contribution >= 0.6 is 11.3 Å². The average molecular weight is 589 g/mol. The molecule has 0 saturated carbocycles. The minimum atomic E-state index is -1.01. The van der Waals surface area contributed by atoms with E-state index < -0.39 is 27.4 Å². The second kappa shape index (κ2) is 11.0. The van der Waals surface area contributed by atoms with Gasteiger partial charge in [-0.3, -0.25) is 29.6 Å². The largest absolute Gasteiger partial charge is 0.463 e. The summed E-state index contributed by atoms with van der Waals surface area (Å²) >= 11 is 1.07. The number of nitrogens with zero attached hydrogens (tertiary/aromatic N) is 4. The Morgan fingerprint density at radius 3 is 2.50 bits per heavy atom. The zero-order chi connectivity index (χ0) is 30.3. The first kappa shape index (κ1) is 28.4. The highest BCUT2D eigenvalue weighted by molar-refractivity contribution is 7.07. The van der Waals surface area contributed by atoms with Gasteiger partial charge in [-0.25, -0.2) is 9.79 Å². The lowest BCUT2D eigenvalue weighted by atomic mass is 9.94. The molecular weight excluding hydrogens is 564 g/mol. The summed E-state index contributed by atoms with van der Waals surface area (Å²) in [6.45, 7) is 6.78. The number of nitro groups is 2. The summed E-state index contributed by atoms with van der Waals surface area (Å²) in [5.74, 6) is 0.0368. The number of hydrogen-bond donors (Lipinski definition) is 0. The summed E-state index contributed by atoms with van der Waals surface area (Å²) in [4.78, 5) is 53.7. The van der Waals surface area contributed by atoms with E-state index in [2.05, 4.69) is 4.99 Å².